The van der Waals surface area contributed by atoms with Gasteiger partial charge in [-0.25, -0.2) is 4.39 Å². The molecule has 120 valence electrons. The number of nitrogens with zero attached hydrogens (tertiary/aromatic N) is 3. The smallest absolute Gasteiger partial charge is 0.123 e. The molecule has 3 rings (SSSR count). The fourth-order valence-corrected chi connectivity index (χ4v) is 2.65. The Morgan fingerprint density at radius 1 is 1.13 bits per heavy atom. The molecular weight excluding hydrogens is 293 g/mol. The topological polar surface area (TPSA) is 49.2 Å². The average molecular weight is 313 g/mol. The zero-order chi connectivity index (χ0) is 16.4. The van der Waals surface area contributed by atoms with Gasteiger partial charge in [0.05, 0.1) is 24.1 Å². The maximum Gasteiger partial charge on any atom is 0.123 e. The third-order valence-corrected chi connectivity index (χ3v) is 4.11. The molecular formula is C18H20FN3O. The molecule has 0 spiro atoms. The Hall–Kier alpha value is -2.27. The number of aliphatic hydroxyl groups excluding tert-OH is 1. The van der Waals surface area contributed by atoms with Gasteiger partial charge in [-0.15, -0.1) is 0 Å². The van der Waals surface area contributed by atoms with Crippen LogP contribution in [0, 0.1) is 5.82 Å². The molecule has 0 aliphatic carbocycles. The quantitative estimate of drug-likeness (QED) is 0.942. The molecule has 1 aliphatic heterocycles. The van der Waals surface area contributed by atoms with E-state index in [1.807, 2.05) is 0 Å². The van der Waals surface area contributed by atoms with E-state index in [0.717, 1.165) is 16.8 Å². The Morgan fingerprint density at radius 3 is 2.43 bits per heavy atom. The number of rotatable bonds is 4. The van der Waals surface area contributed by atoms with Crippen molar-refractivity contribution >= 4 is 5.57 Å². The zero-order valence-corrected chi connectivity index (χ0v) is 13.3. The van der Waals surface area contributed by atoms with Crippen molar-refractivity contribution in [3.63, 3.8) is 0 Å². The maximum atomic E-state index is 12.9. The van der Waals surface area contributed by atoms with Crippen molar-refractivity contribution < 1.29 is 9.50 Å². The number of halogens is 1. The van der Waals surface area contributed by atoms with Crippen molar-refractivity contribution in [1.82, 2.24) is 14.9 Å². The summed E-state index contributed by atoms with van der Waals surface area (Å²) in [5.41, 5.74) is 3.37. The van der Waals surface area contributed by atoms with Crippen LogP contribution in [0.3, 0.4) is 0 Å². The number of hydrogen-bond donors (Lipinski definition) is 1. The second kappa shape index (κ2) is 6.46. The van der Waals surface area contributed by atoms with Crippen LogP contribution >= 0.6 is 0 Å². The van der Waals surface area contributed by atoms with Crippen LogP contribution in [-0.2, 0) is 6.42 Å². The highest BCUT2D eigenvalue weighted by atomic mass is 19.1. The largest absolute Gasteiger partial charge is 0.511 e. The molecule has 1 aromatic carbocycles. The van der Waals surface area contributed by atoms with Gasteiger partial charge in [0.2, 0.25) is 0 Å². The molecule has 2 aromatic rings. The Labute approximate surface area is 135 Å². The first-order valence-corrected chi connectivity index (χ1v) is 7.73. The summed E-state index contributed by atoms with van der Waals surface area (Å²) in [5, 5.41) is 10.1. The van der Waals surface area contributed by atoms with E-state index in [4.69, 9.17) is 0 Å². The normalized spacial score (nSPS) is 15.7. The van der Waals surface area contributed by atoms with Gasteiger partial charge in [0, 0.05) is 30.8 Å². The molecule has 1 aliphatic rings. The summed E-state index contributed by atoms with van der Waals surface area (Å²) in [6.07, 6.45) is 4.03. The Kier molecular flexibility index (Phi) is 4.39. The molecule has 0 amide bonds. The second-order valence-corrected chi connectivity index (χ2v) is 6.12. The standard InChI is InChI=1S/C18H20FN3O/c1-12(2)22-10-16(18(23)11-22)17-9-20-15(8-21-17)7-13-3-5-14(19)6-4-13/h3-6,8-9,12,23H,7,10-11H2,1-2H3. The summed E-state index contributed by atoms with van der Waals surface area (Å²) in [5.74, 6) is 0.132. The molecule has 0 unspecified atom stereocenters. The molecule has 0 bridgehead atoms. The lowest BCUT2D eigenvalue weighted by molar-refractivity contribution is 0.256. The Morgan fingerprint density at radius 2 is 1.87 bits per heavy atom. The van der Waals surface area contributed by atoms with Gasteiger partial charge in [0.1, 0.15) is 11.6 Å². The highest BCUT2D eigenvalue weighted by molar-refractivity contribution is 5.67. The molecule has 0 fully saturated rings. The molecule has 0 atom stereocenters. The molecule has 0 saturated carbocycles. The summed E-state index contributed by atoms with van der Waals surface area (Å²) < 4.78 is 12.9. The lowest BCUT2D eigenvalue weighted by Gasteiger charge is -2.19. The summed E-state index contributed by atoms with van der Waals surface area (Å²) >= 11 is 0. The van der Waals surface area contributed by atoms with E-state index in [1.54, 1.807) is 24.5 Å². The molecule has 0 saturated heterocycles. The highest BCUT2D eigenvalue weighted by Crippen LogP contribution is 2.25. The van der Waals surface area contributed by atoms with Gasteiger partial charge in [-0.1, -0.05) is 12.1 Å². The first-order valence-electron chi connectivity index (χ1n) is 7.73. The summed E-state index contributed by atoms with van der Waals surface area (Å²) in [7, 11) is 0. The van der Waals surface area contributed by atoms with Crippen LogP contribution in [0.25, 0.3) is 5.57 Å². The van der Waals surface area contributed by atoms with E-state index >= 15 is 0 Å². The van der Waals surface area contributed by atoms with Crippen molar-refractivity contribution in [1.29, 1.82) is 0 Å². The molecule has 1 aromatic heterocycles. The minimum Gasteiger partial charge on any atom is -0.511 e. The monoisotopic (exact) mass is 313 g/mol. The molecule has 4 nitrogen and oxygen atoms in total. The SMILES string of the molecule is CC(C)N1CC(O)=C(c2cnc(Cc3ccc(F)cc3)cn2)C1. The van der Waals surface area contributed by atoms with E-state index in [-0.39, 0.29) is 5.82 Å². The van der Waals surface area contributed by atoms with Gasteiger partial charge in [-0.3, -0.25) is 14.9 Å². The van der Waals surface area contributed by atoms with Gasteiger partial charge in [-0.2, -0.15) is 0 Å². The molecule has 0 radical (unpaired) electrons. The molecule has 5 heteroatoms. The third kappa shape index (κ3) is 3.56. The number of benzene rings is 1. The van der Waals surface area contributed by atoms with Crippen LogP contribution in [-0.4, -0.2) is 39.1 Å². The predicted molar refractivity (Wildman–Crippen MR) is 87.5 cm³/mol. The van der Waals surface area contributed by atoms with E-state index in [9.17, 15) is 9.50 Å². The van der Waals surface area contributed by atoms with Crippen molar-refractivity contribution in [3.05, 3.63) is 65.2 Å². The lowest BCUT2D eigenvalue weighted by Crippen LogP contribution is -2.29. The third-order valence-electron chi connectivity index (χ3n) is 4.11. The first-order chi connectivity index (χ1) is 11.0. The van der Waals surface area contributed by atoms with Gasteiger partial charge in [0.15, 0.2) is 0 Å². The Bertz CT molecular complexity index is 708. The highest BCUT2D eigenvalue weighted by Gasteiger charge is 2.25. The minimum absolute atomic E-state index is 0.242. The van der Waals surface area contributed by atoms with Crippen molar-refractivity contribution in [3.8, 4) is 0 Å². The van der Waals surface area contributed by atoms with E-state index < -0.39 is 0 Å². The first kappa shape index (κ1) is 15.6. The van der Waals surface area contributed by atoms with Gasteiger partial charge in [0.25, 0.3) is 0 Å². The van der Waals surface area contributed by atoms with Crippen molar-refractivity contribution in [2.75, 3.05) is 13.1 Å². The van der Waals surface area contributed by atoms with Gasteiger partial charge < -0.3 is 5.11 Å². The van der Waals surface area contributed by atoms with E-state index in [1.165, 1.54) is 12.1 Å². The number of hydrogen-bond acceptors (Lipinski definition) is 4. The van der Waals surface area contributed by atoms with Crippen LogP contribution in [0.4, 0.5) is 4.39 Å². The summed E-state index contributed by atoms with van der Waals surface area (Å²) in [6.45, 7) is 5.46. The predicted octanol–water partition coefficient (Wildman–Crippen LogP) is 3.20. The molecule has 23 heavy (non-hydrogen) atoms. The fourth-order valence-electron chi connectivity index (χ4n) is 2.65. The average Bonchev–Trinajstić information content (AvgIpc) is 2.93. The Balaban J connectivity index is 1.72. The summed E-state index contributed by atoms with van der Waals surface area (Å²) in [6, 6.07) is 6.76. The van der Waals surface area contributed by atoms with Crippen molar-refractivity contribution in [2.45, 2.75) is 26.3 Å². The van der Waals surface area contributed by atoms with Crippen LogP contribution in [0.5, 0.6) is 0 Å². The minimum atomic E-state index is -0.242. The van der Waals surface area contributed by atoms with Crippen LogP contribution in [0.1, 0.15) is 30.8 Å². The maximum absolute atomic E-state index is 12.9. The van der Waals surface area contributed by atoms with Crippen LogP contribution in [0.15, 0.2) is 42.4 Å². The number of aliphatic hydroxyl groups is 1. The van der Waals surface area contributed by atoms with E-state index in [2.05, 4.69) is 28.7 Å². The molecule has 2 heterocycles. The number of aromatic nitrogens is 2. The van der Waals surface area contributed by atoms with Crippen LogP contribution < -0.4 is 0 Å². The molecule has 1 N–H and O–H groups in total. The summed E-state index contributed by atoms with van der Waals surface area (Å²) in [4.78, 5) is 11.0. The lowest BCUT2D eigenvalue weighted by atomic mass is 10.1. The van der Waals surface area contributed by atoms with Gasteiger partial charge in [-0.05, 0) is 31.5 Å². The fraction of sp³-hybridized carbons (Fsp3) is 0.333. The van der Waals surface area contributed by atoms with Crippen LogP contribution in [0.2, 0.25) is 0 Å². The van der Waals surface area contributed by atoms with E-state index in [0.29, 0.717) is 37.0 Å². The van der Waals surface area contributed by atoms with Crippen molar-refractivity contribution in [2.24, 2.45) is 0 Å². The van der Waals surface area contributed by atoms with Gasteiger partial charge >= 0.3 is 0 Å². The zero-order valence-electron chi connectivity index (χ0n) is 13.3. The second-order valence-electron chi connectivity index (χ2n) is 6.12.